The van der Waals surface area contributed by atoms with Gasteiger partial charge in [-0.1, -0.05) is 12.2 Å². The maximum atomic E-state index is 3.95. The summed E-state index contributed by atoms with van der Waals surface area (Å²) >= 11 is 3.81. The lowest BCUT2D eigenvalue weighted by Gasteiger charge is -2.12. The Morgan fingerprint density at radius 2 is 2.10 bits per heavy atom. The van der Waals surface area contributed by atoms with Crippen molar-refractivity contribution in [2.24, 2.45) is 0 Å². The van der Waals surface area contributed by atoms with Crippen LogP contribution in [0.1, 0.15) is 13.3 Å². The van der Waals surface area contributed by atoms with Crippen LogP contribution in [0.4, 0.5) is 0 Å². The predicted molar refractivity (Wildman–Crippen MR) is 55.1 cm³/mol. The van der Waals surface area contributed by atoms with Gasteiger partial charge in [-0.25, -0.2) is 0 Å². The van der Waals surface area contributed by atoms with Gasteiger partial charge in [-0.15, -0.1) is 0 Å². The molecule has 10 heavy (non-hydrogen) atoms. The summed E-state index contributed by atoms with van der Waals surface area (Å²) in [5.41, 5.74) is 1.31. The summed E-state index contributed by atoms with van der Waals surface area (Å²) in [4.78, 5) is 0. The van der Waals surface area contributed by atoms with E-state index in [1.54, 1.807) is 0 Å². The zero-order valence-electron chi connectivity index (χ0n) is 7.02. The standard InChI is InChI=1S/C8H16S2/c1-7(2)8(10-4)5-6-9-3/h8H,1,5-6H2,2-4H3. The van der Waals surface area contributed by atoms with Gasteiger partial charge < -0.3 is 0 Å². The van der Waals surface area contributed by atoms with Crippen LogP contribution in [0.25, 0.3) is 0 Å². The fourth-order valence-electron chi connectivity index (χ4n) is 0.790. The molecule has 0 aromatic carbocycles. The largest absolute Gasteiger partial charge is 0.165 e. The highest BCUT2D eigenvalue weighted by molar-refractivity contribution is 7.99. The highest BCUT2D eigenvalue weighted by Crippen LogP contribution is 2.19. The molecule has 0 aromatic rings. The number of hydrogen-bond donors (Lipinski definition) is 0. The quantitative estimate of drug-likeness (QED) is 0.591. The zero-order chi connectivity index (χ0) is 7.98. The van der Waals surface area contributed by atoms with E-state index < -0.39 is 0 Å². The summed E-state index contributed by atoms with van der Waals surface area (Å²) in [6.45, 7) is 6.06. The molecule has 1 atom stereocenters. The highest BCUT2D eigenvalue weighted by Gasteiger charge is 2.05. The van der Waals surface area contributed by atoms with Gasteiger partial charge in [-0.05, 0) is 31.6 Å². The van der Waals surface area contributed by atoms with Gasteiger partial charge in [0.2, 0.25) is 0 Å². The van der Waals surface area contributed by atoms with Crippen molar-refractivity contribution in [2.75, 3.05) is 18.3 Å². The minimum Gasteiger partial charge on any atom is -0.165 e. The molecule has 0 N–H and O–H groups in total. The molecule has 0 amide bonds. The third-order valence-electron chi connectivity index (χ3n) is 1.42. The van der Waals surface area contributed by atoms with Gasteiger partial charge in [0.15, 0.2) is 0 Å². The van der Waals surface area contributed by atoms with Crippen LogP contribution < -0.4 is 0 Å². The average Bonchev–Trinajstić information content (AvgIpc) is 1.89. The topological polar surface area (TPSA) is 0 Å². The molecule has 0 rings (SSSR count). The second-order valence-corrected chi connectivity index (χ2v) is 4.38. The third kappa shape index (κ3) is 4.29. The molecule has 0 radical (unpaired) electrons. The Morgan fingerprint density at radius 3 is 2.40 bits per heavy atom. The molecule has 0 bridgehead atoms. The van der Waals surface area contributed by atoms with Gasteiger partial charge in [0.1, 0.15) is 0 Å². The van der Waals surface area contributed by atoms with Gasteiger partial charge in [0, 0.05) is 5.25 Å². The fraction of sp³-hybridized carbons (Fsp3) is 0.750. The van der Waals surface area contributed by atoms with Crippen molar-refractivity contribution in [3.8, 4) is 0 Å². The SMILES string of the molecule is C=C(C)C(CCSC)SC. The zero-order valence-corrected chi connectivity index (χ0v) is 8.65. The molecule has 0 saturated carbocycles. The van der Waals surface area contributed by atoms with Crippen molar-refractivity contribution in [1.29, 1.82) is 0 Å². The summed E-state index contributed by atoms with van der Waals surface area (Å²) in [5, 5.41) is 0.674. The van der Waals surface area contributed by atoms with Gasteiger partial charge in [0.05, 0.1) is 0 Å². The first-order chi connectivity index (χ1) is 4.72. The molecule has 0 spiro atoms. The molecule has 2 heteroatoms. The van der Waals surface area contributed by atoms with Crippen LogP contribution in [0.2, 0.25) is 0 Å². The maximum absolute atomic E-state index is 3.95. The second kappa shape index (κ2) is 6.17. The Balaban J connectivity index is 3.50. The second-order valence-electron chi connectivity index (χ2n) is 2.35. The first-order valence-corrected chi connectivity index (χ1v) is 6.07. The maximum Gasteiger partial charge on any atom is 0.0256 e. The summed E-state index contributed by atoms with van der Waals surface area (Å²) < 4.78 is 0. The molecule has 1 unspecified atom stereocenters. The van der Waals surface area contributed by atoms with E-state index in [1.807, 2.05) is 23.5 Å². The smallest absolute Gasteiger partial charge is 0.0256 e. The predicted octanol–water partition coefficient (Wildman–Crippen LogP) is 3.05. The Morgan fingerprint density at radius 1 is 1.50 bits per heavy atom. The highest BCUT2D eigenvalue weighted by atomic mass is 32.2. The number of thioether (sulfide) groups is 2. The Labute approximate surface area is 72.9 Å². The Bertz CT molecular complexity index is 99.4. The van der Waals surface area contributed by atoms with E-state index in [0.717, 1.165) is 0 Å². The van der Waals surface area contributed by atoms with Crippen LogP contribution in [0.5, 0.6) is 0 Å². The lowest BCUT2D eigenvalue weighted by Crippen LogP contribution is -2.03. The van der Waals surface area contributed by atoms with Crippen LogP contribution >= 0.6 is 23.5 Å². The van der Waals surface area contributed by atoms with Crippen molar-refractivity contribution in [2.45, 2.75) is 18.6 Å². The van der Waals surface area contributed by atoms with Gasteiger partial charge in [-0.2, -0.15) is 23.5 Å². The van der Waals surface area contributed by atoms with E-state index in [0.29, 0.717) is 5.25 Å². The van der Waals surface area contributed by atoms with Crippen molar-refractivity contribution >= 4 is 23.5 Å². The Kier molecular flexibility index (Phi) is 6.44. The Hall–Kier alpha value is 0.440. The first-order valence-electron chi connectivity index (χ1n) is 3.39. The van der Waals surface area contributed by atoms with E-state index in [1.165, 1.54) is 17.7 Å². The van der Waals surface area contributed by atoms with Crippen molar-refractivity contribution in [3.05, 3.63) is 12.2 Å². The van der Waals surface area contributed by atoms with E-state index in [2.05, 4.69) is 26.0 Å². The monoisotopic (exact) mass is 176 g/mol. The van der Waals surface area contributed by atoms with Crippen LogP contribution in [-0.4, -0.2) is 23.5 Å². The molecule has 60 valence electrons. The molecule has 0 aliphatic heterocycles. The third-order valence-corrected chi connectivity index (χ3v) is 3.27. The van der Waals surface area contributed by atoms with E-state index in [4.69, 9.17) is 0 Å². The molecule has 0 nitrogen and oxygen atoms in total. The molecule has 0 heterocycles. The fourth-order valence-corrected chi connectivity index (χ4v) is 2.17. The van der Waals surface area contributed by atoms with E-state index in [9.17, 15) is 0 Å². The molecular weight excluding hydrogens is 160 g/mol. The number of hydrogen-bond acceptors (Lipinski definition) is 2. The van der Waals surface area contributed by atoms with Gasteiger partial charge in [-0.3, -0.25) is 0 Å². The summed E-state index contributed by atoms with van der Waals surface area (Å²) in [5.74, 6) is 1.25. The summed E-state index contributed by atoms with van der Waals surface area (Å²) in [7, 11) is 0. The number of rotatable bonds is 5. The molecular formula is C8H16S2. The summed E-state index contributed by atoms with van der Waals surface area (Å²) in [6.07, 6.45) is 5.56. The average molecular weight is 176 g/mol. The first kappa shape index (κ1) is 10.4. The van der Waals surface area contributed by atoms with Crippen LogP contribution in [0.3, 0.4) is 0 Å². The lowest BCUT2D eigenvalue weighted by molar-refractivity contribution is 0.943. The molecule has 0 fully saturated rings. The normalized spacial score (nSPS) is 13.1. The van der Waals surface area contributed by atoms with Crippen molar-refractivity contribution < 1.29 is 0 Å². The van der Waals surface area contributed by atoms with Crippen molar-refractivity contribution in [1.82, 2.24) is 0 Å². The summed E-state index contributed by atoms with van der Waals surface area (Å²) in [6, 6.07) is 0. The lowest BCUT2D eigenvalue weighted by atomic mass is 10.2. The van der Waals surface area contributed by atoms with Crippen molar-refractivity contribution in [3.63, 3.8) is 0 Å². The minimum atomic E-state index is 0.674. The van der Waals surface area contributed by atoms with E-state index in [-0.39, 0.29) is 0 Å². The minimum absolute atomic E-state index is 0.674. The van der Waals surface area contributed by atoms with Gasteiger partial charge >= 0.3 is 0 Å². The van der Waals surface area contributed by atoms with Crippen LogP contribution in [0, 0.1) is 0 Å². The molecule has 0 aliphatic carbocycles. The van der Waals surface area contributed by atoms with Gasteiger partial charge in [0.25, 0.3) is 0 Å². The van der Waals surface area contributed by atoms with Crippen LogP contribution in [0.15, 0.2) is 12.2 Å². The molecule has 0 aromatic heterocycles. The van der Waals surface area contributed by atoms with E-state index >= 15 is 0 Å². The van der Waals surface area contributed by atoms with Crippen LogP contribution in [-0.2, 0) is 0 Å². The molecule has 0 aliphatic rings. The molecule has 0 saturated heterocycles.